The predicted molar refractivity (Wildman–Crippen MR) is 61.5 cm³/mol. The highest BCUT2D eigenvalue weighted by molar-refractivity contribution is 5.75. The lowest BCUT2D eigenvalue weighted by Gasteiger charge is -2.04. The van der Waals surface area contributed by atoms with Gasteiger partial charge in [-0.15, -0.1) is 0 Å². The van der Waals surface area contributed by atoms with Gasteiger partial charge in [0.1, 0.15) is 0 Å². The van der Waals surface area contributed by atoms with Crippen LogP contribution in [0.15, 0.2) is 12.5 Å². The molecular formula is C11H22N2O2. The molecule has 0 aromatic rings. The predicted octanol–water partition coefficient (Wildman–Crippen LogP) is 1.69. The zero-order chi connectivity index (χ0) is 11.5. The summed E-state index contributed by atoms with van der Waals surface area (Å²) in [6, 6.07) is 0. The number of aliphatic hydroxyl groups is 1. The van der Waals surface area contributed by atoms with Gasteiger partial charge in [-0.05, 0) is 19.4 Å². The first-order chi connectivity index (χ1) is 7.16. The molecular weight excluding hydrogens is 192 g/mol. The van der Waals surface area contributed by atoms with E-state index in [1.165, 1.54) is 0 Å². The summed E-state index contributed by atoms with van der Waals surface area (Å²) in [5.74, 6) is 0.151. The van der Waals surface area contributed by atoms with Gasteiger partial charge in [0.25, 0.3) is 0 Å². The number of unbranched alkanes of at least 4 members (excludes halogenated alkanes) is 3. The summed E-state index contributed by atoms with van der Waals surface area (Å²) in [6.45, 7) is 6.71. The molecule has 15 heavy (non-hydrogen) atoms. The van der Waals surface area contributed by atoms with Crippen LogP contribution in [0.4, 0.5) is 0 Å². The van der Waals surface area contributed by atoms with Gasteiger partial charge < -0.3 is 15.7 Å². The summed E-state index contributed by atoms with van der Waals surface area (Å²) in [5.41, 5.74) is 0. The van der Waals surface area contributed by atoms with Crippen LogP contribution >= 0.6 is 0 Å². The smallest absolute Gasteiger partial charge is 0.219 e. The second-order valence-corrected chi connectivity index (χ2v) is 3.49. The monoisotopic (exact) mass is 214 g/mol. The minimum absolute atomic E-state index is 0.0326. The molecule has 0 bridgehead atoms. The van der Waals surface area contributed by atoms with Crippen molar-refractivity contribution < 1.29 is 9.90 Å². The van der Waals surface area contributed by atoms with Gasteiger partial charge in [-0.2, -0.15) is 0 Å². The van der Waals surface area contributed by atoms with Crippen LogP contribution in [0.3, 0.4) is 0 Å². The molecule has 0 saturated heterocycles. The van der Waals surface area contributed by atoms with Gasteiger partial charge in [-0.3, -0.25) is 4.79 Å². The van der Waals surface area contributed by atoms with Crippen LogP contribution in [0.25, 0.3) is 0 Å². The first-order valence-corrected chi connectivity index (χ1v) is 5.55. The summed E-state index contributed by atoms with van der Waals surface area (Å²) in [5, 5.41) is 14.3. The Bertz CT molecular complexity index is 193. The number of hydrogen-bond acceptors (Lipinski definition) is 3. The maximum Gasteiger partial charge on any atom is 0.219 e. The Morgan fingerprint density at radius 3 is 2.13 bits per heavy atom. The Labute approximate surface area is 91.8 Å². The number of aliphatic hydroxyl groups excluding tert-OH is 1. The molecule has 0 spiro atoms. The highest BCUT2D eigenvalue weighted by Crippen LogP contribution is 1.98. The van der Waals surface area contributed by atoms with Crippen molar-refractivity contribution in [2.24, 2.45) is 0 Å². The van der Waals surface area contributed by atoms with Crippen molar-refractivity contribution in [2.45, 2.75) is 39.0 Å². The van der Waals surface area contributed by atoms with Gasteiger partial charge in [-0.1, -0.05) is 19.8 Å². The lowest BCUT2D eigenvalue weighted by molar-refractivity contribution is -0.120. The molecule has 0 aromatic heterocycles. The summed E-state index contributed by atoms with van der Waals surface area (Å²) in [4.78, 5) is 10.9. The van der Waals surface area contributed by atoms with E-state index >= 15 is 0 Å². The summed E-state index contributed by atoms with van der Waals surface area (Å²) < 4.78 is 0. The topological polar surface area (TPSA) is 61.4 Å². The number of nitrogens with one attached hydrogen (secondary N) is 2. The second-order valence-electron chi connectivity index (χ2n) is 3.49. The van der Waals surface area contributed by atoms with E-state index in [4.69, 9.17) is 5.11 Å². The van der Waals surface area contributed by atoms with Crippen LogP contribution in [-0.4, -0.2) is 24.1 Å². The lowest BCUT2D eigenvalue weighted by atomic mass is 10.2. The van der Waals surface area contributed by atoms with Crippen molar-refractivity contribution in [3.8, 4) is 0 Å². The maximum atomic E-state index is 10.9. The molecule has 0 aliphatic heterocycles. The average molecular weight is 214 g/mol. The second kappa shape index (κ2) is 9.37. The average Bonchev–Trinajstić information content (AvgIpc) is 2.21. The fraction of sp³-hybridized carbons (Fsp3) is 0.727. The van der Waals surface area contributed by atoms with Crippen molar-refractivity contribution >= 4 is 5.91 Å². The van der Waals surface area contributed by atoms with E-state index in [-0.39, 0.29) is 11.8 Å². The molecule has 0 aliphatic carbocycles. The van der Waals surface area contributed by atoms with Crippen LogP contribution in [0.2, 0.25) is 0 Å². The molecule has 0 heterocycles. The normalized spacial score (nSPS) is 9.67. The Morgan fingerprint density at radius 1 is 1.13 bits per heavy atom. The third kappa shape index (κ3) is 10.7. The zero-order valence-electron chi connectivity index (χ0n) is 9.51. The molecule has 0 fully saturated rings. The molecule has 0 aliphatic rings. The van der Waals surface area contributed by atoms with Crippen LogP contribution < -0.4 is 10.6 Å². The van der Waals surface area contributed by atoms with E-state index < -0.39 is 0 Å². The van der Waals surface area contributed by atoms with Crippen molar-refractivity contribution in [3.05, 3.63) is 12.5 Å². The van der Waals surface area contributed by atoms with Crippen molar-refractivity contribution in [1.29, 1.82) is 0 Å². The Kier molecular flexibility index (Phi) is 8.63. The minimum atomic E-state index is 0.0326. The highest BCUT2D eigenvalue weighted by atomic mass is 16.3. The summed E-state index contributed by atoms with van der Waals surface area (Å²) >= 11 is 0. The molecule has 0 unspecified atom stereocenters. The van der Waals surface area contributed by atoms with Crippen LogP contribution in [0.5, 0.6) is 0 Å². The SMILES string of the molecule is C=C(O)NCCCCCCNC(=O)CC. The number of carbonyl (C=O) groups excluding carboxylic acids is 1. The van der Waals surface area contributed by atoms with Gasteiger partial charge in [0.2, 0.25) is 5.91 Å². The molecule has 0 radical (unpaired) electrons. The fourth-order valence-corrected chi connectivity index (χ4v) is 1.19. The van der Waals surface area contributed by atoms with Crippen molar-refractivity contribution in [2.75, 3.05) is 13.1 Å². The molecule has 1 amide bonds. The Hall–Kier alpha value is -1.19. The van der Waals surface area contributed by atoms with E-state index in [2.05, 4.69) is 17.2 Å². The van der Waals surface area contributed by atoms with Gasteiger partial charge in [0, 0.05) is 19.5 Å². The molecule has 4 nitrogen and oxygen atoms in total. The highest BCUT2D eigenvalue weighted by Gasteiger charge is 1.95. The summed E-state index contributed by atoms with van der Waals surface area (Å²) in [7, 11) is 0. The molecule has 0 aromatic carbocycles. The van der Waals surface area contributed by atoms with Gasteiger partial charge >= 0.3 is 0 Å². The van der Waals surface area contributed by atoms with Crippen LogP contribution in [0, 0.1) is 0 Å². The zero-order valence-corrected chi connectivity index (χ0v) is 9.51. The molecule has 4 heteroatoms. The largest absolute Gasteiger partial charge is 0.495 e. The molecule has 3 N–H and O–H groups in total. The van der Waals surface area contributed by atoms with E-state index in [0.29, 0.717) is 6.42 Å². The van der Waals surface area contributed by atoms with E-state index in [9.17, 15) is 4.79 Å². The number of hydrogen-bond donors (Lipinski definition) is 3. The summed E-state index contributed by atoms with van der Waals surface area (Å²) in [6.07, 6.45) is 4.79. The van der Waals surface area contributed by atoms with E-state index in [1.54, 1.807) is 0 Å². The molecule has 0 atom stereocenters. The lowest BCUT2D eigenvalue weighted by Crippen LogP contribution is -2.23. The third-order valence-corrected chi connectivity index (χ3v) is 2.08. The minimum Gasteiger partial charge on any atom is -0.495 e. The van der Waals surface area contributed by atoms with Gasteiger partial charge in [0.05, 0.1) is 0 Å². The van der Waals surface area contributed by atoms with E-state index in [1.807, 2.05) is 6.92 Å². The van der Waals surface area contributed by atoms with E-state index in [0.717, 1.165) is 38.8 Å². The standard InChI is InChI=1S/C11H22N2O2/c1-3-11(15)13-9-7-5-4-6-8-12-10(2)14/h12,14H,2-9H2,1H3,(H,13,15). The van der Waals surface area contributed by atoms with Crippen LogP contribution in [-0.2, 0) is 4.79 Å². The number of carbonyl (C=O) groups is 1. The Balaban J connectivity index is 3.05. The Morgan fingerprint density at radius 2 is 1.67 bits per heavy atom. The fourth-order valence-electron chi connectivity index (χ4n) is 1.19. The van der Waals surface area contributed by atoms with Crippen molar-refractivity contribution in [3.63, 3.8) is 0 Å². The van der Waals surface area contributed by atoms with Gasteiger partial charge in [0.15, 0.2) is 5.88 Å². The van der Waals surface area contributed by atoms with Gasteiger partial charge in [-0.25, -0.2) is 0 Å². The van der Waals surface area contributed by atoms with Crippen LogP contribution in [0.1, 0.15) is 39.0 Å². The molecule has 0 saturated carbocycles. The number of rotatable bonds is 9. The third-order valence-electron chi connectivity index (χ3n) is 2.08. The maximum absolute atomic E-state index is 10.9. The first kappa shape index (κ1) is 13.8. The molecule has 88 valence electrons. The number of amides is 1. The quantitative estimate of drug-likeness (QED) is 0.404. The van der Waals surface area contributed by atoms with Crippen molar-refractivity contribution in [1.82, 2.24) is 10.6 Å². The molecule has 0 rings (SSSR count). The first-order valence-electron chi connectivity index (χ1n) is 5.55.